The number of benzene rings is 1. The van der Waals surface area contributed by atoms with Gasteiger partial charge in [0.15, 0.2) is 6.10 Å². The highest BCUT2D eigenvalue weighted by molar-refractivity contribution is 5.79. The van der Waals surface area contributed by atoms with Gasteiger partial charge in [0, 0.05) is 18.7 Å². The summed E-state index contributed by atoms with van der Waals surface area (Å²) < 4.78 is 6.06. The van der Waals surface area contributed by atoms with Gasteiger partial charge in [0.2, 0.25) is 0 Å². The molecule has 1 aromatic rings. The van der Waals surface area contributed by atoms with E-state index in [0.717, 1.165) is 29.8 Å². The minimum Gasteiger partial charge on any atom is -0.479 e. The fourth-order valence-electron chi connectivity index (χ4n) is 4.67. The number of carboxylic acid groups (broad SMARTS) is 1. The molecule has 1 aromatic carbocycles. The molecule has 2 aliphatic rings. The van der Waals surface area contributed by atoms with Crippen LogP contribution in [0.2, 0.25) is 0 Å². The van der Waals surface area contributed by atoms with E-state index in [1.165, 1.54) is 48.8 Å². The summed E-state index contributed by atoms with van der Waals surface area (Å²) in [6.07, 6.45) is 9.92. The summed E-state index contributed by atoms with van der Waals surface area (Å²) in [6.45, 7) is 11.6. The third-order valence-corrected chi connectivity index (χ3v) is 6.11. The molecule has 1 aliphatic carbocycles. The standard InChI is InChI=1S/C24H35NO3/c1-15-18(12-11-17-9-7-6-8-10-17)21(16(2)20-14-25-13-19(15)20)22(23(26)27)28-24(3,4)5/h11-12,17,22,25H,6-10,13-14H2,1-5H3,(H,26,27)/t22-/m0/s1. The number of allylic oxidation sites excluding steroid dienone is 1. The van der Waals surface area contributed by atoms with Crippen LogP contribution in [0.1, 0.15) is 92.4 Å². The molecule has 154 valence electrons. The monoisotopic (exact) mass is 385 g/mol. The van der Waals surface area contributed by atoms with Gasteiger partial charge in [-0.1, -0.05) is 31.4 Å². The average Bonchev–Trinajstić information content (AvgIpc) is 3.12. The first-order valence-electron chi connectivity index (χ1n) is 10.6. The number of nitrogens with one attached hydrogen (secondary N) is 1. The van der Waals surface area contributed by atoms with Gasteiger partial charge in [-0.3, -0.25) is 0 Å². The van der Waals surface area contributed by atoms with Gasteiger partial charge in [0.25, 0.3) is 0 Å². The van der Waals surface area contributed by atoms with Crippen molar-refractivity contribution in [2.75, 3.05) is 0 Å². The van der Waals surface area contributed by atoms with Gasteiger partial charge >= 0.3 is 5.97 Å². The second kappa shape index (κ2) is 8.38. The fraction of sp³-hybridized carbons (Fsp3) is 0.625. The molecular weight excluding hydrogens is 350 g/mol. The number of carboxylic acids is 1. The van der Waals surface area contributed by atoms with Gasteiger partial charge in [-0.05, 0) is 81.2 Å². The summed E-state index contributed by atoms with van der Waals surface area (Å²) in [6, 6.07) is 0. The van der Waals surface area contributed by atoms with Crippen molar-refractivity contribution in [2.45, 2.75) is 91.5 Å². The lowest BCUT2D eigenvalue weighted by atomic mass is 9.84. The lowest BCUT2D eigenvalue weighted by Crippen LogP contribution is -2.29. The molecule has 0 bridgehead atoms. The molecular formula is C24H35NO3. The molecule has 4 nitrogen and oxygen atoms in total. The normalized spacial score (nSPS) is 19.2. The Bertz CT molecular complexity index is 767. The van der Waals surface area contributed by atoms with E-state index in [0.29, 0.717) is 5.92 Å². The van der Waals surface area contributed by atoms with Crippen LogP contribution in [-0.4, -0.2) is 16.7 Å². The summed E-state index contributed by atoms with van der Waals surface area (Å²) in [5.74, 6) is -0.324. The number of carbonyl (C=O) groups is 1. The maximum atomic E-state index is 12.2. The van der Waals surface area contributed by atoms with Crippen LogP contribution in [0.5, 0.6) is 0 Å². The number of ether oxygens (including phenoxy) is 1. The first-order valence-corrected chi connectivity index (χ1v) is 10.6. The molecule has 1 fully saturated rings. The fourth-order valence-corrected chi connectivity index (χ4v) is 4.67. The highest BCUT2D eigenvalue weighted by Crippen LogP contribution is 2.38. The number of aliphatic carboxylic acids is 1. The highest BCUT2D eigenvalue weighted by atomic mass is 16.5. The summed E-state index contributed by atoms with van der Waals surface area (Å²) in [7, 11) is 0. The van der Waals surface area contributed by atoms with Gasteiger partial charge in [0.05, 0.1) is 5.60 Å². The van der Waals surface area contributed by atoms with Crippen molar-refractivity contribution in [2.24, 2.45) is 5.92 Å². The molecule has 1 heterocycles. The maximum Gasteiger partial charge on any atom is 0.337 e. The van der Waals surface area contributed by atoms with Crippen molar-refractivity contribution >= 4 is 12.0 Å². The van der Waals surface area contributed by atoms with E-state index >= 15 is 0 Å². The third kappa shape index (κ3) is 4.49. The summed E-state index contributed by atoms with van der Waals surface area (Å²) >= 11 is 0. The lowest BCUT2D eigenvalue weighted by Gasteiger charge is -2.29. The van der Waals surface area contributed by atoms with Crippen LogP contribution in [0.4, 0.5) is 0 Å². The number of hydrogen-bond donors (Lipinski definition) is 2. The molecule has 1 saturated carbocycles. The number of hydrogen-bond acceptors (Lipinski definition) is 3. The SMILES string of the molecule is Cc1c(C=CC2CCCCC2)c([C@H](OC(C)(C)C)C(=O)O)c(C)c2c1CNC2. The highest BCUT2D eigenvalue weighted by Gasteiger charge is 2.33. The van der Waals surface area contributed by atoms with E-state index in [4.69, 9.17) is 4.74 Å². The Morgan fingerprint density at radius 3 is 2.29 bits per heavy atom. The maximum absolute atomic E-state index is 12.2. The second-order valence-electron chi connectivity index (χ2n) is 9.34. The zero-order valence-corrected chi connectivity index (χ0v) is 18.0. The molecule has 1 aliphatic heterocycles. The van der Waals surface area contributed by atoms with Gasteiger partial charge in [-0.15, -0.1) is 0 Å². The van der Waals surface area contributed by atoms with Crippen LogP contribution in [0.25, 0.3) is 6.08 Å². The Labute approximate surface area is 169 Å². The average molecular weight is 386 g/mol. The van der Waals surface area contributed by atoms with Crippen LogP contribution in [0.15, 0.2) is 6.08 Å². The van der Waals surface area contributed by atoms with Crippen molar-refractivity contribution in [3.63, 3.8) is 0 Å². The minimum atomic E-state index is -0.962. The van der Waals surface area contributed by atoms with E-state index in [2.05, 4.69) is 31.3 Å². The van der Waals surface area contributed by atoms with Crippen LogP contribution >= 0.6 is 0 Å². The van der Waals surface area contributed by atoms with E-state index in [1.807, 2.05) is 20.8 Å². The van der Waals surface area contributed by atoms with E-state index in [1.54, 1.807) is 0 Å². The Balaban J connectivity index is 2.11. The largest absolute Gasteiger partial charge is 0.479 e. The molecule has 0 spiro atoms. The molecule has 1 atom stereocenters. The Morgan fingerprint density at radius 1 is 1.11 bits per heavy atom. The van der Waals surface area contributed by atoms with Crippen molar-refractivity contribution in [3.8, 4) is 0 Å². The third-order valence-electron chi connectivity index (χ3n) is 6.11. The van der Waals surface area contributed by atoms with Gasteiger partial charge in [-0.2, -0.15) is 0 Å². The number of fused-ring (bicyclic) bond motifs is 1. The van der Waals surface area contributed by atoms with Crippen LogP contribution < -0.4 is 5.32 Å². The molecule has 0 radical (unpaired) electrons. The Hall–Kier alpha value is -1.65. The summed E-state index contributed by atoms with van der Waals surface area (Å²) in [5, 5.41) is 13.5. The molecule has 0 saturated heterocycles. The molecule has 3 rings (SSSR count). The van der Waals surface area contributed by atoms with Gasteiger partial charge in [0.1, 0.15) is 0 Å². The predicted molar refractivity (Wildman–Crippen MR) is 113 cm³/mol. The van der Waals surface area contributed by atoms with Crippen LogP contribution in [0, 0.1) is 19.8 Å². The van der Waals surface area contributed by atoms with E-state index < -0.39 is 17.7 Å². The Morgan fingerprint density at radius 2 is 1.71 bits per heavy atom. The quantitative estimate of drug-likeness (QED) is 0.708. The van der Waals surface area contributed by atoms with E-state index in [9.17, 15) is 9.90 Å². The Kier molecular flexibility index (Phi) is 6.31. The smallest absolute Gasteiger partial charge is 0.337 e. The predicted octanol–water partition coefficient (Wildman–Crippen LogP) is 5.44. The molecule has 0 aromatic heterocycles. The van der Waals surface area contributed by atoms with Gasteiger partial charge in [-0.25, -0.2) is 4.79 Å². The molecule has 0 unspecified atom stereocenters. The van der Waals surface area contributed by atoms with Crippen molar-refractivity contribution in [1.82, 2.24) is 5.32 Å². The zero-order chi connectivity index (χ0) is 20.5. The topological polar surface area (TPSA) is 58.6 Å². The molecule has 2 N–H and O–H groups in total. The molecule has 4 heteroatoms. The van der Waals surface area contributed by atoms with Crippen LogP contribution in [-0.2, 0) is 22.6 Å². The van der Waals surface area contributed by atoms with Crippen molar-refractivity contribution < 1.29 is 14.6 Å². The first-order chi connectivity index (χ1) is 13.2. The van der Waals surface area contributed by atoms with Crippen LogP contribution in [0.3, 0.4) is 0 Å². The molecule has 0 amide bonds. The lowest BCUT2D eigenvalue weighted by molar-refractivity contribution is -0.160. The van der Waals surface area contributed by atoms with E-state index in [-0.39, 0.29) is 0 Å². The second-order valence-corrected chi connectivity index (χ2v) is 9.34. The minimum absolute atomic E-state index is 0.537. The van der Waals surface area contributed by atoms with Gasteiger partial charge < -0.3 is 15.2 Å². The van der Waals surface area contributed by atoms with Crippen molar-refractivity contribution in [1.29, 1.82) is 0 Å². The zero-order valence-electron chi connectivity index (χ0n) is 18.0. The summed E-state index contributed by atoms with van der Waals surface area (Å²) in [5.41, 5.74) is 6.15. The first kappa shape index (κ1) is 21.1. The van der Waals surface area contributed by atoms with Crippen molar-refractivity contribution in [3.05, 3.63) is 39.5 Å². The summed E-state index contributed by atoms with van der Waals surface area (Å²) in [4.78, 5) is 12.2. The molecule has 28 heavy (non-hydrogen) atoms. The number of rotatable bonds is 5.